The Morgan fingerprint density at radius 2 is 1.95 bits per heavy atom. The van der Waals surface area contributed by atoms with Crippen molar-refractivity contribution in [3.05, 3.63) is 34.4 Å². The summed E-state index contributed by atoms with van der Waals surface area (Å²) in [7, 11) is 0. The third-order valence-corrected chi connectivity index (χ3v) is 2.23. The normalized spacial score (nSPS) is 11.4. The van der Waals surface area contributed by atoms with Gasteiger partial charge in [-0.1, -0.05) is 0 Å². The number of carbonyl (C=O) groups excluding carboxylic acids is 1. The zero-order valence-electron chi connectivity index (χ0n) is 10.2. The molecular formula is C11H12N2O7. The van der Waals surface area contributed by atoms with E-state index in [1.807, 2.05) is 5.32 Å². The van der Waals surface area contributed by atoms with E-state index < -0.39 is 36.1 Å². The lowest BCUT2D eigenvalue weighted by Gasteiger charge is -2.12. The van der Waals surface area contributed by atoms with Crippen LogP contribution >= 0.6 is 0 Å². The van der Waals surface area contributed by atoms with E-state index in [0.717, 1.165) is 0 Å². The molecule has 0 aromatic heterocycles. The highest BCUT2D eigenvalue weighted by molar-refractivity contribution is 5.84. The molecule has 0 aliphatic rings. The molecule has 1 amide bonds. The highest BCUT2D eigenvalue weighted by Crippen LogP contribution is 2.16. The summed E-state index contributed by atoms with van der Waals surface area (Å²) >= 11 is 0. The quantitative estimate of drug-likeness (QED) is 0.454. The van der Waals surface area contributed by atoms with Crippen LogP contribution in [0.3, 0.4) is 0 Å². The van der Waals surface area contributed by atoms with Crippen LogP contribution in [0.25, 0.3) is 0 Å². The summed E-state index contributed by atoms with van der Waals surface area (Å²) in [5.74, 6) is -1.87. The number of rotatable bonds is 7. The molecule has 0 heterocycles. The van der Waals surface area contributed by atoms with Crippen LogP contribution in [0.5, 0.6) is 5.75 Å². The van der Waals surface area contributed by atoms with Crippen LogP contribution in [0, 0.1) is 10.1 Å². The maximum Gasteiger partial charge on any atom is 0.328 e. The van der Waals surface area contributed by atoms with Gasteiger partial charge in [-0.15, -0.1) is 0 Å². The monoisotopic (exact) mass is 284 g/mol. The molecule has 0 aliphatic heterocycles. The molecule has 9 heteroatoms. The first-order valence-corrected chi connectivity index (χ1v) is 5.44. The molecule has 1 atom stereocenters. The third kappa shape index (κ3) is 4.53. The molecule has 108 valence electrons. The van der Waals surface area contributed by atoms with Crippen LogP contribution < -0.4 is 10.1 Å². The summed E-state index contributed by atoms with van der Waals surface area (Å²) < 4.78 is 5.02. The van der Waals surface area contributed by atoms with Crippen molar-refractivity contribution in [3.63, 3.8) is 0 Å². The molecule has 0 spiro atoms. The number of amides is 1. The van der Waals surface area contributed by atoms with Crippen molar-refractivity contribution in [1.29, 1.82) is 0 Å². The number of nitro groups is 1. The van der Waals surface area contributed by atoms with Crippen molar-refractivity contribution in [2.45, 2.75) is 6.04 Å². The highest BCUT2D eigenvalue weighted by Gasteiger charge is 2.18. The van der Waals surface area contributed by atoms with E-state index in [-0.39, 0.29) is 11.4 Å². The lowest BCUT2D eigenvalue weighted by Crippen LogP contribution is -2.45. The van der Waals surface area contributed by atoms with Gasteiger partial charge in [0, 0.05) is 12.1 Å². The van der Waals surface area contributed by atoms with Gasteiger partial charge in [0.2, 0.25) is 0 Å². The standard InChI is InChI=1S/C11H12N2O7/c14-5-9(11(16)17)12-10(15)6-20-8-3-1-7(2-4-8)13(18)19/h1-4,9,14H,5-6H2,(H,12,15)(H,16,17)/t9-/m1/s1. The minimum atomic E-state index is -1.40. The van der Waals surface area contributed by atoms with Crippen LogP contribution in [-0.2, 0) is 9.59 Å². The summed E-state index contributed by atoms with van der Waals surface area (Å²) in [6.07, 6.45) is 0. The van der Waals surface area contributed by atoms with Crippen molar-refractivity contribution in [3.8, 4) is 5.75 Å². The van der Waals surface area contributed by atoms with Crippen LogP contribution in [0.15, 0.2) is 24.3 Å². The van der Waals surface area contributed by atoms with E-state index in [1.54, 1.807) is 0 Å². The Hall–Kier alpha value is -2.68. The van der Waals surface area contributed by atoms with Gasteiger partial charge in [0.15, 0.2) is 6.61 Å². The van der Waals surface area contributed by atoms with Gasteiger partial charge >= 0.3 is 5.97 Å². The van der Waals surface area contributed by atoms with Crippen molar-refractivity contribution in [2.75, 3.05) is 13.2 Å². The largest absolute Gasteiger partial charge is 0.484 e. The third-order valence-electron chi connectivity index (χ3n) is 2.23. The first-order chi connectivity index (χ1) is 9.43. The van der Waals surface area contributed by atoms with E-state index in [9.17, 15) is 19.7 Å². The molecular weight excluding hydrogens is 272 g/mol. The van der Waals surface area contributed by atoms with Crippen LogP contribution in [-0.4, -0.2) is 46.3 Å². The van der Waals surface area contributed by atoms with Crippen LogP contribution in [0.1, 0.15) is 0 Å². The number of carboxylic acid groups (broad SMARTS) is 1. The number of aliphatic hydroxyl groups is 1. The lowest BCUT2D eigenvalue weighted by molar-refractivity contribution is -0.384. The van der Waals surface area contributed by atoms with Gasteiger partial charge in [-0.25, -0.2) is 4.79 Å². The Morgan fingerprint density at radius 1 is 1.35 bits per heavy atom. The van der Waals surface area contributed by atoms with Crippen molar-refractivity contribution in [2.24, 2.45) is 0 Å². The van der Waals surface area contributed by atoms with Crippen LogP contribution in [0.4, 0.5) is 5.69 Å². The van der Waals surface area contributed by atoms with E-state index in [0.29, 0.717) is 0 Å². The predicted octanol–water partition coefficient (Wildman–Crippen LogP) is -0.465. The van der Waals surface area contributed by atoms with Gasteiger partial charge in [0.1, 0.15) is 11.8 Å². The Morgan fingerprint density at radius 3 is 2.40 bits per heavy atom. The first-order valence-electron chi connectivity index (χ1n) is 5.44. The topological polar surface area (TPSA) is 139 Å². The number of carbonyl (C=O) groups is 2. The van der Waals surface area contributed by atoms with E-state index in [1.165, 1.54) is 24.3 Å². The van der Waals surface area contributed by atoms with E-state index >= 15 is 0 Å². The highest BCUT2D eigenvalue weighted by atomic mass is 16.6. The molecule has 0 bridgehead atoms. The summed E-state index contributed by atoms with van der Waals surface area (Å²) in [6, 6.07) is 3.64. The van der Waals surface area contributed by atoms with Gasteiger partial charge in [-0.05, 0) is 12.1 Å². The molecule has 0 fully saturated rings. The van der Waals surface area contributed by atoms with Crippen molar-refractivity contribution >= 4 is 17.6 Å². The summed E-state index contributed by atoms with van der Waals surface area (Å²) in [6.45, 7) is -1.21. The molecule has 1 rings (SSSR count). The fourth-order valence-electron chi connectivity index (χ4n) is 1.23. The lowest BCUT2D eigenvalue weighted by atomic mass is 10.3. The Balaban J connectivity index is 2.48. The second-order valence-corrected chi connectivity index (χ2v) is 3.68. The fraction of sp³-hybridized carbons (Fsp3) is 0.273. The number of aliphatic carboxylic acids is 1. The molecule has 3 N–H and O–H groups in total. The molecule has 0 aliphatic carbocycles. The average molecular weight is 284 g/mol. The molecule has 0 radical (unpaired) electrons. The van der Waals surface area contributed by atoms with Gasteiger partial charge < -0.3 is 20.3 Å². The SMILES string of the molecule is O=C(COc1ccc([N+](=O)[O-])cc1)N[C@H](CO)C(=O)O. The number of benzene rings is 1. The second-order valence-electron chi connectivity index (χ2n) is 3.68. The molecule has 1 aromatic carbocycles. The molecule has 0 saturated heterocycles. The fourth-order valence-corrected chi connectivity index (χ4v) is 1.23. The number of carboxylic acids is 1. The number of hydrogen-bond acceptors (Lipinski definition) is 6. The first kappa shape index (κ1) is 15.4. The Bertz CT molecular complexity index is 500. The molecule has 9 nitrogen and oxygen atoms in total. The smallest absolute Gasteiger partial charge is 0.328 e. The molecule has 0 unspecified atom stereocenters. The van der Waals surface area contributed by atoms with Gasteiger partial charge in [-0.3, -0.25) is 14.9 Å². The minimum Gasteiger partial charge on any atom is -0.484 e. The number of hydrogen-bond donors (Lipinski definition) is 3. The number of nitrogens with one attached hydrogen (secondary N) is 1. The number of nitro benzene ring substituents is 1. The maximum atomic E-state index is 11.3. The Kier molecular flexibility index (Phi) is 5.42. The van der Waals surface area contributed by atoms with E-state index in [4.69, 9.17) is 14.9 Å². The molecule has 0 saturated carbocycles. The summed E-state index contributed by atoms with van der Waals surface area (Å²) in [4.78, 5) is 31.8. The average Bonchev–Trinajstić information content (AvgIpc) is 2.42. The minimum absolute atomic E-state index is 0.118. The van der Waals surface area contributed by atoms with E-state index in [2.05, 4.69) is 0 Å². The zero-order valence-corrected chi connectivity index (χ0v) is 10.2. The predicted molar refractivity (Wildman–Crippen MR) is 65.2 cm³/mol. The number of nitrogens with zero attached hydrogens (tertiary/aromatic N) is 1. The van der Waals surface area contributed by atoms with Gasteiger partial charge in [-0.2, -0.15) is 0 Å². The van der Waals surface area contributed by atoms with Crippen molar-refractivity contribution < 1.29 is 29.5 Å². The number of ether oxygens (including phenoxy) is 1. The van der Waals surface area contributed by atoms with Gasteiger partial charge in [0.25, 0.3) is 11.6 Å². The second kappa shape index (κ2) is 7.04. The Labute approximate surface area is 112 Å². The van der Waals surface area contributed by atoms with Crippen LogP contribution in [0.2, 0.25) is 0 Å². The summed E-state index contributed by atoms with van der Waals surface area (Å²) in [5.41, 5.74) is -0.118. The van der Waals surface area contributed by atoms with Gasteiger partial charge in [0.05, 0.1) is 11.5 Å². The van der Waals surface area contributed by atoms with Crippen molar-refractivity contribution in [1.82, 2.24) is 5.32 Å². The molecule has 20 heavy (non-hydrogen) atoms. The number of non-ortho nitro benzene ring substituents is 1. The molecule has 1 aromatic rings. The summed E-state index contributed by atoms with van der Waals surface area (Å²) in [5, 5.41) is 29.8. The maximum absolute atomic E-state index is 11.3. The zero-order chi connectivity index (χ0) is 15.1. The number of aliphatic hydroxyl groups excluding tert-OH is 1.